The lowest BCUT2D eigenvalue weighted by atomic mass is 9.96. The summed E-state index contributed by atoms with van der Waals surface area (Å²) in [6.45, 7) is 12.3. The number of hydrogen-bond acceptors (Lipinski definition) is 1. The maximum absolute atomic E-state index is 3.72. The van der Waals surface area contributed by atoms with Crippen LogP contribution < -0.4 is 5.32 Å². The SMILES string of the molecule is Cc1cc(C)c(CNC(C)(C)C2CC2)cc1C. The van der Waals surface area contributed by atoms with Crippen molar-refractivity contribution in [3.63, 3.8) is 0 Å². The van der Waals surface area contributed by atoms with Crippen molar-refractivity contribution >= 4 is 0 Å². The van der Waals surface area contributed by atoms with Gasteiger partial charge in [0.15, 0.2) is 0 Å². The molecular weight excluding hydrogens is 206 g/mol. The van der Waals surface area contributed by atoms with Gasteiger partial charge in [-0.3, -0.25) is 0 Å². The van der Waals surface area contributed by atoms with Crippen LogP contribution in [0.4, 0.5) is 0 Å². The van der Waals surface area contributed by atoms with Crippen LogP contribution >= 0.6 is 0 Å². The molecule has 0 heterocycles. The Morgan fingerprint density at radius 2 is 1.65 bits per heavy atom. The zero-order chi connectivity index (χ0) is 12.6. The van der Waals surface area contributed by atoms with Gasteiger partial charge in [0.2, 0.25) is 0 Å². The Balaban J connectivity index is 2.06. The van der Waals surface area contributed by atoms with Crippen LogP contribution in [-0.2, 0) is 6.54 Å². The van der Waals surface area contributed by atoms with E-state index in [0.717, 1.165) is 12.5 Å². The highest BCUT2D eigenvalue weighted by atomic mass is 15.0. The van der Waals surface area contributed by atoms with Gasteiger partial charge in [-0.05, 0) is 75.6 Å². The first kappa shape index (κ1) is 12.6. The average molecular weight is 231 g/mol. The van der Waals surface area contributed by atoms with Crippen LogP contribution in [0.1, 0.15) is 48.9 Å². The van der Waals surface area contributed by atoms with E-state index in [0.29, 0.717) is 5.54 Å². The van der Waals surface area contributed by atoms with Crippen molar-refractivity contribution in [1.82, 2.24) is 5.32 Å². The standard InChI is InChI=1S/C16H25N/c1-11-8-13(3)14(9-12(11)2)10-17-16(4,5)15-6-7-15/h8-9,15,17H,6-7,10H2,1-5H3. The zero-order valence-corrected chi connectivity index (χ0v) is 11.9. The van der Waals surface area contributed by atoms with E-state index in [9.17, 15) is 0 Å². The first-order valence-electron chi connectivity index (χ1n) is 6.72. The lowest BCUT2D eigenvalue weighted by molar-refractivity contribution is 0.339. The zero-order valence-electron chi connectivity index (χ0n) is 11.9. The largest absolute Gasteiger partial charge is 0.307 e. The van der Waals surface area contributed by atoms with Crippen LogP contribution in [0.5, 0.6) is 0 Å². The lowest BCUT2D eigenvalue weighted by Gasteiger charge is -2.27. The van der Waals surface area contributed by atoms with E-state index in [4.69, 9.17) is 0 Å². The van der Waals surface area contributed by atoms with E-state index in [1.165, 1.54) is 35.1 Å². The third kappa shape index (κ3) is 2.90. The van der Waals surface area contributed by atoms with Crippen LogP contribution in [0, 0.1) is 26.7 Å². The maximum atomic E-state index is 3.72. The molecular formula is C16H25N. The molecule has 1 N–H and O–H groups in total. The first-order valence-corrected chi connectivity index (χ1v) is 6.72. The van der Waals surface area contributed by atoms with Gasteiger partial charge in [-0.15, -0.1) is 0 Å². The molecule has 0 spiro atoms. The third-order valence-electron chi connectivity index (χ3n) is 4.28. The molecule has 1 fully saturated rings. The summed E-state index contributed by atoms with van der Waals surface area (Å²) in [5, 5.41) is 3.72. The smallest absolute Gasteiger partial charge is 0.0213 e. The van der Waals surface area contributed by atoms with Crippen molar-refractivity contribution in [2.24, 2.45) is 5.92 Å². The van der Waals surface area contributed by atoms with Gasteiger partial charge in [0.25, 0.3) is 0 Å². The molecule has 94 valence electrons. The van der Waals surface area contributed by atoms with Crippen LogP contribution in [0.15, 0.2) is 12.1 Å². The minimum Gasteiger partial charge on any atom is -0.307 e. The van der Waals surface area contributed by atoms with Gasteiger partial charge in [-0.25, -0.2) is 0 Å². The molecule has 0 bridgehead atoms. The maximum Gasteiger partial charge on any atom is 0.0213 e. The molecule has 1 saturated carbocycles. The van der Waals surface area contributed by atoms with E-state index in [-0.39, 0.29) is 0 Å². The Bertz CT molecular complexity index is 414. The number of nitrogens with one attached hydrogen (secondary N) is 1. The van der Waals surface area contributed by atoms with Crippen LogP contribution in [0.3, 0.4) is 0 Å². The lowest BCUT2D eigenvalue weighted by Crippen LogP contribution is -2.40. The summed E-state index contributed by atoms with van der Waals surface area (Å²) in [5.74, 6) is 0.884. The number of benzene rings is 1. The molecule has 0 unspecified atom stereocenters. The fraction of sp³-hybridized carbons (Fsp3) is 0.625. The Hall–Kier alpha value is -0.820. The molecule has 1 nitrogen and oxygen atoms in total. The second kappa shape index (κ2) is 4.45. The van der Waals surface area contributed by atoms with E-state index < -0.39 is 0 Å². The van der Waals surface area contributed by atoms with Gasteiger partial charge in [-0.1, -0.05) is 12.1 Å². The van der Waals surface area contributed by atoms with Gasteiger partial charge in [0.05, 0.1) is 0 Å². The minimum absolute atomic E-state index is 0.297. The highest BCUT2D eigenvalue weighted by Gasteiger charge is 2.37. The normalized spacial score (nSPS) is 16.3. The molecule has 0 aliphatic heterocycles. The molecule has 0 saturated heterocycles. The molecule has 1 aromatic carbocycles. The van der Waals surface area contributed by atoms with Crippen molar-refractivity contribution in [3.05, 3.63) is 34.4 Å². The molecule has 1 aromatic rings. The minimum atomic E-state index is 0.297. The highest BCUT2D eigenvalue weighted by molar-refractivity contribution is 5.36. The van der Waals surface area contributed by atoms with Crippen LogP contribution in [0.25, 0.3) is 0 Å². The fourth-order valence-corrected chi connectivity index (χ4v) is 2.48. The van der Waals surface area contributed by atoms with Crippen molar-refractivity contribution in [1.29, 1.82) is 0 Å². The van der Waals surface area contributed by atoms with E-state index in [1.54, 1.807) is 0 Å². The summed E-state index contributed by atoms with van der Waals surface area (Å²) in [4.78, 5) is 0. The molecule has 1 aliphatic rings. The average Bonchev–Trinajstić information content (AvgIpc) is 3.05. The predicted octanol–water partition coefficient (Wildman–Crippen LogP) is 3.89. The summed E-state index contributed by atoms with van der Waals surface area (Å²) in [6, 6.07) is 4.64. The van der Waals surface area contributed by atoms with Gasteiger partial charge < -0.3 is 5.32 Å². The molecule has 0 aromatic heterocycles. The van der Waals surface area contributed by atoms with Gasteiger partial charge >= 0.3 is 0 Å². The monoisotopic (exact) mass is 231 g/mol. The van der Waals surface area contributed by atoms with Crippen molar-refractivity contribution in [2.75, 3.05) is 0 Å². The third-order valence-corrected chi connectivity index (χ3v) is 4.28. The Labute approximate surface area is 106 Å². The molecule has 1 heteroatoms. The molecule has 1 aliphatic carbocycles. The number of hydrogen-bond donors (Lipinski definition) is 1. The predicted molar refractivity (Wildman–Crippen MR) is 74.3 cm³/mol. The van der Waals surface area contributed by atoms with Crippen molar-refractivity contribution < 1.29 is 0 Å². The summed E-state index contributed by atoms with van der Waals surface area (Å²) >= 11 is 0. The van der Waals surface area contributed by atoms with Crippen molar-refractivity contribution in [3.8, 4) is 0 Å². The summed E-state index contributed by atoms with van der Waals surface area (Å²) in [5.41, 5.74) is 5.95. The molecule has 0 atom stereocenters. The fourth-order valence-electron chi connectivity index (χ4n) is 2.48. The number of aryl methyl sites for hydroxylation is 3. The molecule has 2 rings (SSSR count). The summed E-state index contributed by atoms with van der Waals surface area (Å²) in [7, 11) is 0. The van der Waals surface area contributed by atoms with Crippen molar-refractivity contribution in [2.45, 2.75) is 59.5 Å². The molecule has 17 heavy (non-hydrogen) atoms. The van der Waals surface area contributed by atoms with Crippen LogP contribution in [0.2, 0.25) is 0 Å². The molecule has 0 radical (unpaired) electrons. The van der Waals surface area contributed by atoms with E-state index >= 15 is 0 Å². The summed E-state index contributed by atoms with van der Waals surface area (Å²) < 4.78 is 0. The Morgan fingerprint density at radius 3 is 2.24 bits per heavy atom. The van der Waals surface area contributed by atoms with Crippen LogP contribution in [-0.4, -0.2) is 5.54 Å². The quantitative estimate of drug-likeness (QED) is 0.829. The molecule has 0 amide bonds. The second-order valence-electron chi connectivity index (χ2n) is 6.21. The topological polar surface area (TPSA) is 12.0 Å². The van der Waals surface area contributed by atoms with Gasteiger partial charge in [-0.2, -0.15) is 0 Å². The van der Waals surface area contributed by atoms with Gasteiger partial charge in [0, 0.05) is 12.1 Å². The van der Waals surface area contributed by atoms with E-state index in [1.807, 2.05) is 0 Å². The Kier molecular flexibility index (Phi) is 3.31. The highest BCUT2D eigenvalue weighted by Crippen LogP contribution is 2.39. The summed E-state index contributed by atoms with van der Waals surface area (Å²) in [6.07, 6.45) is 2.79. The van der Waals surface area contributed by atoms with Gasteiger partial charge in [0.1, 0.15) is 0 Å². The first-order chi connectivity index (χ1) is 7.90. The second-order valence-corrected chi connectivity index (χ2v) is 6.21. The number of rotatable bonds is 4. The Morgan fingerprint density at radius 1 is 1.06 bits per heavy atom. The van der Waals surface area contributed by atoms with E-state index in [2.05, 4.69) is 52.1 Å².